The molecule has 0 aliphatic heterocycles. The molecule has 3 nitrogen and oxygen atoms in total. The second-order valence-corrected chi connectivity index (χ2v) is 4.81. The van der Waals surface area contributed by atoms with Gasteiger partial charge in [0.25, 0.3) is 0 Å². The summed E-state index contributed by atoms with van der Waals surface area (Å²) in [5.74, 6) is 0.00530. The number of aryl methyl sites for hydroxylation is 2. The lowest BCUT2D eigenvalue weighted by Gasteiger charge is -2.16. The first-order valence-electron chi connectivity index (χ1n) is 6.02. The van der Waals surface area contributed by atoms with Gasteiger partial charge in [0.15, 0.2) is 0 Å². The zero-order valence-electron chi connectivity index (χ0n) is 11.1. The molecule has 0 saturated carbocycles. The Morgan fingerprint density at radius 3 is 2.47 bits per heavy atom. The van der Waals surface area contributed by atoms with Crippen LogP contribution in [0.3, 0.4) is 0 Å². The molecule has 0 aromatic heterocycles. The molecule has 3 N–H and O–H groups in total. The van der Waals surface area contributed by atoms with E-state index < -0.39 is 0 Å². The summed E-state index contributed by atoms with van der Waals surface area (Å²) in [5.41, 5.74) is 9.23. The summed E-state index contributed by atoms with van der Waals surface area (Å²) in [4.78, 5) is 11.6. The molecular formula is C14H22N2O. The van der Waals surface area contributed by atoms with Crippen molar-refractivity contribution in [3.8, 4) is 0 Å². The molecule has 1 amide bonds. The maximum atomic E-state index is 11.6. The van der Waals surface area contributed by atoms with Crippen molar-refractivity contribution in [1.82, 2.24) is 5.32 Å². The Morgan fingerprint density at radius 2 is 1.94 bits per heavy atom. The summed E-state index contributed by atoms with van der Waals surface area (Å²) in [6, 6.07) is 6.19. The molecule has 1 aromatic rings. The molecule has 0 bridgehead atoms. The normalized spacial score (nSPS) is 14.2. The largest absolute Gasteiger partial charge is 0.350 e. The third-order valence-corrected chi connectivity index (χ3v) is 2.92. The molecule has 0 fully saturated rings. The van der Waals surface area contributed by atoms with Crippen LogP contribution in [-0.2, 0) is 4.79 Å². The van der Waals surface area contributed by atoms with Gasteiger partial charge in [-0.1, -0.05) is 18.2 Å². The molecule has 3 heteroatoms. The highest BCUT2D eigenvalue weighted by Crippen LogP contribution is 2.16. The first-order valence-corrected chi connectivity index (χ1v) is 6.02. The van der Waals surface area contributed by atoms with Crippen molar-refractivity contribution in [2.45, 2.75) is 46.2 Å². The fourth-order valence-electron chi connectivity index (χ4n) is 1.71. The van der Waals surface area contributed by atoms with Gasteiger partial charge in [-0.05, 0) is 44.4 Å². The topological polar surface area (TPSA) is 55.1 Å². The molecule has 0 radical (unpaired) electrons. The summed E-state index contributed by atoms with van der Waals surface area (Å²) in [5, 5.41) is 2.96. The molecule has 0 aliphatic rings. The van der Waals surface area contributed by atoms with E-state index >= 15 is 0 Å². The lowest BCUT2D eigenvalue weighted by molar-refractivity contribution is -0.122. The highest BCUT2D eigenvalue weighted by Gasteiger charge is 2.11. The summed E-state index contributed by atoms with van der Waals surface area (Å²) < 4.78 is 0. The van der Waals surface area contributed by atoms with Crippen LogP contribution in [-0.4, -0.2) is 11.9 Å². The lowest BCUT2D eigenvalue weighted by atomic mass is 10.0. The Bertz CT molecular complexity index is 399. The van der Waals surface area contributed by atoms with Gasteiger partial charge < -0.3 is 11.1 Å². The first kappa shape index (κ1) is 13.7. The summed E-state index contributed by atoms with van der Waals surface area (Å²) in [6.45, 7) is 7.98. The van der Waals surface area contributed by atoms with Gasteiger partial charge in [0.05, 0.1) is 6.04 Å². The van der Waals surface area contributed by atoms with E-state index in [2.05, 4.69) is 37.4 Å². The van der Waals surface area contributed by atoms with Gasteiger partial charge in [0, 0.05) is 12.5 Å². The Morgan fingerprint density at radius 1 is 1.29 bits per heavy atom. The predicted octanol–water partition coefficient (Wildman–Crippen LogP) is 2.22. The van der Waals surface area contributed by atoms with E-state index in [1.807, 2.05) is 13.8 Å². The van der Waals surface area contributed by atoms with E-state index in [1.165, 1.54) is 11.1 Å². The van der Waals surface area contributed by atoms with Gasteiger partial charge in [-0.15, -0.1) is 0 Å². The van der Waals surface area contributed by atoms with Gasteiger partial charge in [-0.2, -0.15) is 0 Å². The van der Waals surface area contributed by atoms with Gasteiger partial charge in [-0.3, -0.25) is 4.79 Å². The van der Waals surface area contributed by atoms with Crippen LogP contribution >= 0.6 is 0 Å². The van der Waals surface area contributed by atoms with E-state index in [0.717, 1.165) is 5.56 Å². The Balaban J connectivity index is 2.66. The molecular weight excluding hydrogens is 212 g/mol. The highest BCUT2D eigenvalue weighted by molar-refractivity contribution is 5.77. The Hall–Kier alpha value is -1.35. The summed E-state index contributed by atoms with van der Waals surface area (Å²) in [7, 11) is 0. The molecule has 2 unspecified atom stereocenters. The number of rotatable bonds is 4. The Kier molecular flexibility index (Phi) is 4.70. The van der Waals surface area contributed by atoms with Gasteiger partial charge >= 0.3 is 0 Å². The number of benzene rings is 1. The first-order chi connectivity index (χ1) is 7.90. The summed E-state index contributed by atoms with van der Waals surface area (Å²) >= 11 is 0. The fourth-order valence-corrected chi connectivity index (χ4v) is 1.71. The van der Waals surface area contributed by atoms with E-state index in [1.54, 1.807) is 0 Å². The van der Waals surface area contributed by atoms with Crippen LogP contribution in [0.1, 0.15) is 43.0 Å². The number of hydrogen-bond acceptors (Lipinski definition) is 2. The zero-order chi connectivity index (χ0) is 13.0. The molecule has 0 spiro atoms. The molecule has 1 aromatic carbocycles. The van der Waals surface area contributed by atoms with E-state index in [9.17, 15) is 4.79 Å². The van der Waals surface area contributed by atoms with Crippen molar-refractivity contribution >= 4 is 5.91 Å². The smallest absolute Gasteiger partial charge is 0.222 e. The van der Waals surface area contributed by atoms with Crippen molar-refractivity contribution in [2.75, 3.05) is 0 Å². The van der Waals surface area contributed by atoms with Crippen LogP contribution in [0.2, 0.25) is 0 Å². The average molecular weight is 234 g/mol. The molecule has 0 heterocycles. The third kappa shape index (κ3) is 4.19. The van der Waals surface area contributed by atoms with Gasteiger partial charge in [0.1, 0.15) is 0 Å². The number of hydrogen-bond donors (Lipinski definition) is 2. The van der Waals surface area contributed by atoms with Crippen LogP contribution in [0.15, 0.2) is 18.2 Å². The average Bonchev–Trinajstić information content (AvgIpc) is 2.20. The minimum Gasteiger partial charge on any atom is -0.350 e. The maximum Gasteiger partial charge on any atom is 0.222 e. The number of carbonyl (C=O) groups is 1. The third-order valence-electron chi connectivity index (χ3n) is 2.92. The lowest BCUT2D eigenvalue weighted by Crippen LogP contribution is -2.31. The second-order valence-electron chi connectivity index (χ2n) is 4.81. The monoisotopic (exact) mass is 234 g/mol. The number of amides is 1. The number of nitrogens with one attached hydrogen (secondary N) is 1. The van der Waals surface area contributed by atoms with E-state index in [0.29, 0.717) is 6.42 Å². The standard InChI is InChI=1S/C14H22N2O/c1-9-5-6-13(7-10(9)2)12(4)16-14(17)8-11(3)15/h5-7,11-12H,8,15H2,1-4H3,(H,16,17). The van der Waals surface area contributed by atoms with E-state index in [4.69, 9.17) is 5.73 Å². The second kappa shape index (κ2) is 5.82. The molecule has 1 rings (SSSR count). The molecule has 0 aliphatic carbocycles. The molecule has 94 valence electrons. The van der Waals surface area contributed by atoms with Crippen molar-refractivity contribution in [1.29, 1.82) is 0 Å². The Labute approximate surface area is 103 Å². The summed E-state index contributed by atoms with van der Waals surface area (Å²) in [6.07, 6.45) is 0.370. The SMILES string of the molecule is Cc1ccc(C(C)NC(=O)CC(C)N)cc1C. The van der Waals surface area contributed by atoms with Crippen LogP contribution in [0.25, 0.3) is 0 Å². The fraction of sp³-hybridized carbons (Fsp3) is 0.500. The highest BCUT2D eigenvalue weighted by atomic mass is 16.1. The predicted molar refractivity (Wildman–Crippen MR) is 70.7 cm³/mol. The quantitative estimate of drug-likeness (QED) is 0.839. The van der Waals surface area contributed by atoms with E-state index in [-0.39, 0.29) is 18.0 Å². The molecule has 17 heavy (non-hydrogen) atoms. The van der Waals surface area contributed by atoms with Crippen molar-refractivity contribution < 1.29 is 4.79 Å². The van der Waals surface area contributed by atoms with Crippen LogP contribution in [0.4, 0.5) is 0 Å². The number of nitrogens with two attached hydrogens (primary N) is 1. The maximum absolute atomic E-state index is 11.6. The molecule has 0 saturated heterocycles. The minimum atomic E-state index is -0.0954. The van der Waals surface area contributed by atoms with Crippen LogP contribution < -0.4 is 11.1 Å². The zero-order valence-corrected chi connectivity index (χ0v) is 11.1. The molecule has 2 atom stereocenters. The van der Waals surface area contributed by atoms with Crippen LogP contribution in [0.5, 0.6) is 0 Å². The van der Waals surface area contributed by atoms with Gasteiger partial charge in [-0.25, -0.2) is 0 Å². The van der Waals surface area contributed by atoms with Crippen LogP contribution in [0, 0.1) is 13.8 Å². The van der Waals surface area contributed by atoms with Crippen molar-refractivity contribution in [3.63, 3.8) is 0 Å². The van der Waals surface area contributed by atoms with Crippen molar-refractivity contribution in [3.05, 3.63) is 34.9 Å². The van der Waals surface area contributed by atoms with Gasteiger partial charge in [0.2, 0.25) is 5.91 Å². The van der Waals surface area contributed by atoms with Crippen molar-refractivity contribution in [2.24, 2.45) is 5.73 Å². The number of carbonyl (C=O) groups excluding carboxylic acids is 1. The minimum absolute atomic E-state index is 0.00530.